The van der Waals surface area contributed by atoms with Crippen molar-refractivity contribution in [3.05, 3.63) is 35.9 Å². The van der Waals surface area contributed by atoms with Gasteiger partial charge in [-0.3, -0.25) is 10.2 Å². The van der Waals surface area contributed by atoms with Crippen LogP contribution < -0.4 is 10.9 Å². The molecular formula is C10H18B4N2O. The maximum absolute atomic E-state index is 11.8. The first-order valence-electron chi connectivity index (χ1n) is 5.86. The second kappa shape index (κ2) is 5.05. The van der Waals surface area contributed by atoms with Crippen LogP contribution in [-0.2, 0) is 0 Å². The molecule has 0 saturated heterocycles. The van der Waals surface area contributed by atoms with Crippen LogP contribution in [0.3, 0.4) is 0 Å². The lowest BCUT2D eigenvalue weighted by molar-refractivity contribution is 0.0921. The number of rotatable bonds is 4. The molecule has 1 atom stereocenters. The minimum absolute atomic E-state index is 0.0525. The summed E-state index contributed by atoms with van der Waals surface area (Å²) in [4.78, 5) is 11.8. The predicted molar refractivity (Wildman–Crippen MR) is 82.3 cm³/mol. The summed E-state index contributed by atoms with van der Waals surface area (Å²) in [6, 6.07) is 9.18. The van der Waals surface area contributed by atoms with Crippen LogP contribution in [0.2, 0.25) is 5.11 Å². The molecule has 0 radical (unpaired) electrons. The molecule has 0 bridgehead atoms. The second-order valence-electron chi connectivity index (χ2n) is 5.82. The molecule has 7 heteroatoms. The first-order chi connectivity index (χ1) is 7.74. The SMILES string of the molecule is BC(B)(B)C(B)(C)NNC(=O)c1ccccc1. The maximum atomic E-state index is 11.8. The minimum atomic E-state index is -0.183. The van der Waals surface area contributed by atoms with Gasteiger partial charge in [0.2, 0.25) is 0 Å². The minimum Gasteiger partial charge on any atom is -0.288 e. The van der Waals surface area contributed by atoms with Crippen LogP contribution in [0.25, 0.3) is 0 Å². The molecule has 0 aliphatic carbocycles. The Labute approximate surface area is 107 Å². The zero-order valence-electron chi connectivity index (χ0n) is 11.3. The normalized spacial score (nSPS) is 14.9. The number of hydrogen-bond acceptors (Lipinski definition) is 2. The molecule has 0 fully saturated rings. The van der Waals surface area contributed by atoms with Crippen molar-refractivity contribution in [1.29, 1.82) is 0 Å². The van der Waals surface area contributed by atoms with E-state index in [2.05, 4.69) is 49.2 Å². The third-order valence-electron chi connectivity index (χ3n) is 3.40. The zero-order chi connectivity index (χ0) is 13.1. The zero-order valence-corrected chi connectivity index (χ0v) is 11.3. The summed E-state index contributed by atoms with van der Waals surface area (Å²) >= 11 is 0. The van der Waals surface area contributed by atoms with E-state index < -0.39 is 0 Å². The van der Waals surface area contributed by atoms with Gasteiger partial charge in [-0.1, -0.05) is 30.2 Å². The quantitative estimate of drug-likeness (QED) is 0.431. The van der Waals surface area contributed by atoms with Gasteiger partial charge in [0.15, 0.2) is 0 Å². The van der Waals surface area contributed by atoms with Crippen molar-refractivity contribution in [2.45, 2.75) is 17.5 Å². The maximum Gasteiger partial charge on any atom is 0.265 e. The predicted octanol–water partition coefficient (Wildman–Crippen LogP) is -2.76. The van der Waals surface area contributed by atoms with Gasteiger partial charge in [0.05, 0.1) is 23.5 Å². The molecule has 17 heavy (non-hydrogen) atoms. The van der Waals surface area contributed by atoms with Gasteiger partial charge in [0.25, 0.3) is 5.91 Å². The largest absolute Gasteiger partial charge is 0.288 e. The summed E-state index contributed by atoms with van der Waals surface area (Å²) in [7, 11) is 8.47. The van der Waals surface area contributed by atoms with Gasteiger partial charge in [-0.25, -0.2) is 5.43 Å². The highest BCUT2D eigenvalue weighted by Gasteiger charge is 2.32. The molecule has 1 unspecified atom stereocenters. The van der Waals surface area contributed by atoms with Gasteiger partial charge in [0.1, 0.15) is 7.85 Å². The number of hydrogen-bond donors (Lipinski definition) is 2. The highest BCUT2D eigenvalue weighted by Crippen LogP contribution is 2.23. The van der Waals surface area contributed by atoms with Gasteiger partial charge in [-0.05, 0) is 17.6 Å². The van der Waals surface area contributed by atoms with E-state index in [-0.39, 0.29) is 16.5 Å². The molecule has 1 aromatic carbocycles. The Kier molecular flexibility index (Phi) is 4.15. The van der Waals surface area contributed by atoms with Crippen LogP contribution in [0.4, 0.5) is 0 Å². The Morgan fingerprint density at radius 3 is 2.12 bits per heavy atom. The van der Waals surface area contributed by atoms with Crippen LogP contribution in [0.5, 0.6) is 0 Å². The summed E-state index contributed by atoms with van der Waals surface area (Å²) in [6.07, 6.45) is 0. The van der Waals surface area contributed by atoms with E-state index in [1.807, 2.05) is 18.2 Å². The lowest BCUT2D eigenvalue weighted by Crippen LogP contribution is -2.60. The smallest absolute Gasteiger partial charge is 0.265 e. The molecule has 1 rings (SSSR count). The second-order valence-corrected chi connectivity index (χ2v) is 5.82. The topological polar surface area (TPSA) is 41.1 Å². The number of carbonyl (C=O) groups excluding carboxylic acids is 1. The number of carbonyl (C=O) groups is 1. The average Bonchev–Trinajstić information content (AvgIpc) is 2.25. The molecule has 2 N–H and O–H groups in total. The number of nitrogens with one attached hydrogen (secondary N) is 2. The average molecular weight is 226 g/mol. The van der Waals surface area contributed by atoms with Gasteiger partial charge in [-0.15, -0.1) is 0 Å². The first-order valence-corrected chi connectivity index (χ1v) is 5.86. The molecule has 0 aliphatic heterocycles. The van der Waals surface area contributed by atoms with E-state index in [9.17, 15) is 4.79 Å². The lowest BCUT2D eigenvalue weighted by Gasteiger charge is -2.40. The van der Waals surface area contributed by atoms with E-state index in [4.69, 9.17) is 0 Å². The van der Waals surface area contributed by atoms with E-state index in [1.54, 1.807) is 12.1 Å². The van der Waals surface area contributed by atoms with Gasteiger partial charge in [0, 0.05) is 5.56 Å². The number of hydrazine groups is 1. The Bertz CT molecular complexity index is 389. The number of benzene rings is 1. The number of amides is 1. The molecule has 0 spiro atoms. The monoisotopic (exact) mass is 226 g/mol. The molecule has 3 nitrogen and oxygen atoms in total. The fourth-order valence-corrected chi connectivity index (χ4v) is 1.06. The van der Waals surface area contributed by atoms with Crippen LogP contribution >= 0.6 is 0 Å². The van der Waals surface area contributed by atoms with Gasteiger partial charge < -0.3 is 0 Å². The molecule has 0 heterocycles. The van der Waals surface area contributed by atoms with Crippen molar-refractivity contribution in [2.24, 2.45) is 0 Å². The van der Waals surface area contributed by atoms with Crippen molar-refractivity contribution in [3.63, 3.8) is 0 Å². The highest BCUT2D eigenvalue weighted by atomic mass is 16.2. The van der Waals surface area contributed by atoms with Crippen molar-refractivity contribution < 1.29 is 4.79 Å². The van der Waals surface area contributed by atoms with Gasteiger partial charge in [-0.2, -0.15) is 0 Å². The van der Waals surface area contributed by atoms with Crippen molar-refractivity contribution in [3.8, 4) is 0 Å². The molecule has 0 saturated carbocycles. The van der Waals surface area contributed by atoms with E-state index in [1.165, 1.54) is 0 Å². The van der Waals surface area contributed by atoms with Crippen LogP contribution in [0.15, 0.2) is 30.3 Å². The lowest BCUT2D eigenvalue weighted by atomic mass is 9.31. The Balaban J connectivity index is 2.61. The van der Waals surface area contributed by atoms with E-state index >= 15 is 0 Å². The summed E-state index contributed by atoms with van der Waals surface area (Å²) in [5, 5.41) is 0.0525. The standard InChI is InChI=1S/C10H18B4N2O/c1-9(11,10(12,13)14)16-15-8(17)7-5-3-2-4-6-7/h2-6,16H,11-14H2,1H3,(H,15,17). The Hall–Kier alpha value is -1.09. The summed E-state index contributed by atoms with van der Waals surface area (Å²) in [5.74, 6) is -0.108. The highest BCUT2D eigenvalue weighted by molar-refractivity contribution is 6.62. The van der Waals surface area contributed by atoms with Crippen LogP contribution in [-0.4, -0.2) is 42.7 Å². The van der Waals surface area contributed by atoms with Crippen LogP contribution in [0, 0.1) is 0 Å². The summed E-state index contributed by atoms with van der Waals surface area (Å²) in [5.41, 5.74) is 6.33. The first kappa shape index (κ1) is 14.0. The van der Waals surface area contributed by atoms with Crippen molar-refractivity contribution in [1.82, 2.24) is 10.9 Å². The van der Waals surface area contributed by atoms with Gasteiger partial charge >= 0.3 is 0 Å². The molecule has 0 aromatic heterocycles. The Morgan fingerprint density at radius 1 is 1.12 bits per heavy atom. The van der Waals surface area contributed by atoms with E-state index in [0.717, 1.165) is 0 Å². The molecular weight excluding hydrogens is 207 g/mol. The van der Waals surface area contributed by atoms with Crippen molar-refractivity contribution in [2.75, 3.05) is 0 Å². The fourth-order valence-electron chi connectivity index (χ4n) is 1.06. The molecule has 1 aromatic rings. The molecule has 86 valence electrons. The summed E-state index contributed by atoms with van der Waals surface area (Å²) in [6.45, 7) is 2.07. The fraction of sp³-hybridized carbons (Fsp3) is 0.300. The molecule has 0 aliphatic rings. The third-order valence-corrected chi connectivity index (χ3v) is 3.40. The summed E-state index contributed by atoms with van der Waals surface area (Å²) < 4.78 is 0. The van der Waals surface area contributed by atoms with E-state index in [0.29, 0.717) is 5.56 Å². The molecule has 1 amide bonds. The van der Waals surface area contributed by atoms with Crippen LogP contribution in [0.1, 0.15) is 17.3 Å². The van der Waals surface area contributed by atoms with Crippen molar-refractivity contribution >= 4 is 37.3 Å². The third kappa shape index (κ3) is 3.70. The Morgan fingerprint density at radius 2 is 1.65 bits per heavy atom.